The molecule has 0 bridgehead atoms. The van der Waals surface area contributed by atoms with Crippen LogP contribution in [0.1, 0.15) is 87.9 Å². The van der Waals surface area contributed by atoms with Crippen LogP contribution in [-0.4, -0.2) is 82.2 Å². The molecule has 18 nitrogen and oxygen atoms in total. The fraction of sp³-hybridized carbons (Fsp3) is 0.471. The molecule has 2 aromatic heterocycles. The number of methoxy groups -OCH3 is 2. The molecule has 0 spiro atoms. The smallest absolute Gasteiger partial charge is 0.339 e. The molecule has 0 saturated carbocycles. The van der Waals surface area contributed by atoms with E-state index in [1.807, 2.05) is 32.9 Å². The Labute approximate surface area is 324 Å². The summed E-state index contributed by atoms with van der Waals surface area (Å²) in [5.74, 6) is -1.80. The van der Waals surface area contributed by atoms with Gasteiger partial charge in [-0.25, -0.2) is 19.6 Å². The molecule has 0 unspecified atom stereocenters. The van der Waals surface area contributed by atoms with Crippen LogP contribution in [0.5, 0.6) is 0 Å². The monoisotopic (exact) mass is 802 g/mol. The molecule has 0 saturated heterocycles. The zero-order valence-electron chi connectivity index (χ0n) is 31.4. The van der Waals surface area contributed by atoms with E-state index in [1.54, 1.807) is 32.9 Å². The number of esters is 4. The zero-order valence-corrected chi connectivity index (χ0v) is 33.0. The van der Waals surface area contributed by atoms with E-state index >= 15 is 0 Å². The highest BCUT2D eigenvalue weighted by molar-refractivity contribution is 6.31. The number of hydrogen-bond acceptors (Lipinski definition) is 16. The van der Waals surface area contributed by atoms with E-state index < -0.39 is 33.1 Å². The van der Waals surface area contributed by atoms with Crippen molar-refractivity contribution < 1.29 is 48.0 Å². The number of halogens is 2. The van der Waals surface area contributed by atoms with Crippen LogP contribution in [0, 0.1) is 20.2 Å². The van der Waals surface area contributed by atoms with Crippen molar-refractivity contribution >= 4 is 65.1 Å². The average molecular weight is 804 g/mol. The maximum Gasteiger partial charge on any atom is 0.339 e. The maximum atomic E-state index is 11.5. The first-order valence-corrected chi connectivity index (χ1v) is 16.3. The van der Waals surface area contributed by atoms with Gasteiger partial charge in [-0.15, -0.1) is 12.4 Å². The summed E-state index contributed by atoms with van der Waals surface area (Å²) in [4.78, 5) is 72.6. The molecule has 3 N–H and O–H groups in total. The van der Waals surface area contributed by atoms with Crippen molar-refractivity contribution in [2.24, 2.45) is 5.73 Å². The van der Waals surface area contributed by atoms with Gasteiger partial charge in [0, 0.05) is 50.5 Å². The Morgan fingerprint density at radius 2 is 1.20 bits per heavy atom. The first kappa shape index (κ1) is 50.9. The lowest BCUT2D eigenvalue weighted by atomic mass is 10.2. The van der Waals surface area contributed by atoms with Gasteiger partial charge in [0.1, 0.15) is 11.2 Å². The van der Waals surface area contributed by atoms with Crippen LogP contribution in [0.4, 0.5) is 17.2 Å². The summed E-state index contributed by atoms with van der Waals surface area (Å²) in [6, 6.07) is 2.12. The standard InChI is InChI=1S/C17H23N3O6.C10H19NO2.C7H5ClN2O4.ClH/c1-17(2,3)26-14(21)8-6-5-7-9-18-15-13(20(23)24)10-12(11-19-15)16(22)25-4;1-10(2,3)13-9(12)7-5-4-6-8-11;1-14-7(11)4-2-5(10(12)13)6(8)9-3-4;/h5,7,10-11H,6,8-9H2,1-4H3,(H,18,19);4,6H,5,7-8,11H2,1-3H3;2-3H,1H3;1H/b7-5+;6-4+;;. The Balaban J connectivity index is 0. The third-order valence-corrected chi connectivity index (χ3v) is 5.94. The molecule has 0 aromatic carbocycles. The van der Waals surface area contributed by atoms with Crippen molar-refractivity contribution in [2.45, 2.75) is 78.4 Å². The first-order valence-electron chi connectivity index (χ1n) is 15.9. The number of nitrogens with two attached hydrogens (primary N) is 1. The Bertz CT molecular complexity index is 1620. The van der Waals surface area contributed by atoms with Crippen molar-refractivity contribution in [2.75, 3.05) is 32.6 Å². The second-order valence-corrected chi connectivity index (χ2v) is 12.8. The topological polar surface area (TPSA) is 255 Å². The fourth-order valence-corrected chi connectivity index (χ4v) is 3.68. The zero-order chi connectivity index (χ0) is 40.8. The minimum Gasteiger partial charge on any atom is -0.465 e. The van der Waals surface area contributed by atoms with Gasteiger partial charge in [0.15, 0.2) is 0 Å². The summed E-state index contributed by atoms with van der Waals surface area (Å²) < 4.78 is 19.2. The summed E-state index contributed by atoms with van der Waals surface area (Å²) in [6.07, 6.45) is 11.4. The van der Waals surface area contributed by atoms with E-state index in [-0.39, 0.29) is 70.7 Å². The van der Waals surface area contributed by atoms with Crippen molar-refractivity contribution in [3.63, 3.8) is 0 Å². The van der Waals surface area contributed by atoms with Crippen molar-refractivity contribution in [3.8, 4) is 0 Å². The van der Waals surface area contributed by atoms with Gasteiger partial charge in [0.05, 0.1) is 35.2 Å². The van der Waals surface area contributed by atoms with Crippen molar-refractivity contribution in [1.29, 1.82) is 0 Å². The van der Waals surface area contributed by atoms with Gasteiger partial charge < -0.3 is 30.0 Å². The normalized spacial score (nSPS) is 10.8. The van der Waals surface area contributed by atoms with Crippen LogP contribution in [-0.2, 0) is 28.5 Å². The first-order chi connectivity index (χ1) is 24.6. The quantitative estimate of drug-likeness (QED) is 0.0527. The molecule has 0 amide bonds. The molecular formula is C34H48Cl2N6O12. The molecule has 0 radical (unpaired) electrons. The van der Waals surface area contributed by atoms with E-state index in [4.69, 9.17) is 26.8 Å². The number of hydrogen-bond donors (Lipinski definition) is 2. The highest BCUT2D eigenvalue weighted by Crippen LogP contribution is 2.24. The van der Waals surface area contributed by atoms with E-state index in [9.17, 15) is 39.4 Å². The van der Waals surface area contributed by atoms with Gasteiger partial charge in [-0.05, 0) is 54.4 Å². The van der Waals surface area contributed by atoms with Crippen LogP contribution in [0.3, 0.4) is 0 Å². The molecule has 0 aliphatic carbocycles. The number of allylic oxidation sites excluding steroid dienone is 2. The van der Waals surface area contributed by atoms with Crippen LogP contribution in [0.2, 0.25) is 5.15 Å². The average Bonchev–Trinajstić information content (AvgIpc) is 3.06. The number of carbonyl (C=O) groups excluding carboxylic acids is 4. The Kier molecular flexibility index (Phi) is 24.2. The van der Waals surface area contributed by atoms with E-state index in [0.717, 1.165) is 18.3 Å². The minimum atomic E-state index is -0.720. The van der Waals surface area contributed by atoms with Crippen molar-refractivity contribution in [1.82, 2.24) is 9.97 Å². The number of pyridine rings is 2. The van der Waals surface area contributed by atoms with Gasteiger partial charge in [-0.2, -0.15) is 0 Å². The molecule has 54 heavy (non-hydrogen) atoms. The van der Waals surface area contributed by atoms with E-state index in [2.05, 4.69) is 24.8 Å². The number of anilines is 1. The van der Waals surface area contributed by atoms with Gasteiger partial charge in [-0.1, -0.05) is 35.9 Å². The minimum absolute atomic E-state index is 0. The van der Waals surface area contributed by atoms with Gasteiger partial charge >= 0.3 is 35.3 Å². The molecule has 0 aliphatic heterocycles. The molecule has 0 atom stereocenters. The van der Waals surface area contributed by atoms with E-state index in [0.29, 0.717) is 25.8 Å². The SMILES string of the molecule is CC(C)(C)OC(=O)CC/C=C/CN.COC(=O)c1cnc(Cl)c([N+](=O)[O-])c1.COC(=O)c1cnc(NC/C=C/CCC(=O)OC(C)(C)C)c([N+](=O)[O-])c1.Cl. The van der Waals surface area contributed by atoms with Crippen LogP contribution < -0.4 is 11.1 Å². The third kappa shape index (κ3) is 22.7. The van der Waals surface area contributed by atoms with Crippen LogP contribution in [0.25, 0.3) is 0 Å². The lowest BCUT2D eigenvalue weighted by molar-refractivity contribution is -0.385. The molecule has 0 aliphatic rings. The molecule has 20 heteroatoms. The van der Waals surface area contributed by atoms with Crippen LogP contribution in [0.15, 0.2) is 48.8 Å². The maximum absolute atomic E-state index is 11.5. The molecule has 0 fully saturated rings. The summed E-state index contributed by atoms with van der Waals surface area (Å²) in [7, 11) is 2.35. The Morgan fingerprint density at radius 1 is 0.778 bits per heavy atom. The molecule has 300 valence electrons. The molecule has 2 rings (SSSR count). The Morgan fingerprint density at radius 3 is 1.61 bits per heavy atom. The lowest BCUT2D eigenvalue weighted by Crippen LogP contribution is -2.23. The highest BCUT2D eigenvalue weighted by Gasteiger charge is 2.20. The summed E-state index contributed by atoms with van der Waals surface area (Å²) in [5.41, 5.74) is 3.59. The third-order valence-electron chi connectivity index (χ3n) is 5.65. The molecular weight excluding hydrogens is 755 g/mol. The predicted octanol–water partition coefficient (Wildman–Crippen LogP) is 6.34. The Hall–Kier alpha value is -5.20. The summed E-state index contributed by atoms with van der Waals surface area (Å²) in [5, 5.41) is 24.1. The number of ether oxygens (including phenoxy) is 4. The second-order valence-electron chi connectivity index (χ2n) is 12.4. The highest BCUT2D eigenvalue weighted by atomic mass is 35.5. The summed E-state index contributed by atoms with van der Waals surface area (Å²) >= 11 is 5.43. The van der Waals surface area contributed by atoms with Gasteiger partial charge in [0.2, 0.25) is 11.0 Å². The number of rotatable bonds is 14. The molecule has 2 aromatic rings. The van der Waals surface area contributed by atoms with Gasteiger partial charge in [-0.3, -0.25) is 29.8 Å². The number of nitro groups is 2. The van der Waals surface area contributed by atoms with Crippen LogP contribution >= 0.6 is 24.0 Å². The van der Waals surface area contributed by atoms with Gasteiger partial charge in [0.25, 0.3) is 0 Å². The molecule has 2 heterocycles. The second kappa shape index (κ2) is 25.7. The lowest BCUT2D eigenvalue weighted by Gasteiger charge is -2.19. The summed E-state index contributed by atoms with van der Waals surface area (Å²) in [6.45, 7) is 11.8. The van der Waals surface area contributed by atoms with E-state index in [1.165, 1.54) is 20.4 Å². The van der Waals surface area contributed by atoms with Crippen molar-refractivity contribution in [3.05, 3.63) is 85.3 Å². The number of carbonyl (C=O) groups is 4. The largest absolute Gasteiger partial charge is 0.465 e. The number of nitrogens with one attached hydrogen (secondary N) is 1. The fourth-order valence-electron chi connectivity index (χ4n) is 3.51. The number of aromatic nitrogens is 2. The predicted molar refractivity (Wildman–Crippen MR) is 203 cm³/mol. The number of nitrogens with zero attached hydrogens (tertiary/aromatic N) is 4.